The summed E-state index contributed by atoms with van der Waals surface area (Å²) in [4.78, 5) is 40.6. The predicted octanol–water partition coefficient (Wildman–Crippen LogP) is 4.20. The number of aromatic amines is 1. The Morgan fingerprint density at radius 3 is 2.12 bits per heavy atom. The molecule has 0 saturated heterocycles. The first-order valence-electron chi connectivity index (χ1n) is 10.3. The Morgan fingerprint density at radius 2 is 1.55 bits per heavy atom. The number of fused-ring (bicyclic) bond motifs is 1. The number of benzene rings is 1. The largest absolute Gasteiger partial charge is 0.334 e. The summed E-state index contributed by atoms with van der Waals surface area (Å²) in [6, 6.07) is 3.49. The van der Waals surface area contributed by atoms with E-state index >= 15 is 0 Å². The molecular formula is C23H20F3N5O2. The minimum Gasteiger partial charge on any atom is -0.273 e. The third-order valence-corrected chi connectivity index (χ3v) is 5.22. The molecule has 0 aliphatic carbocycles. The van der Waals surface area contributed by atoms with Crippen molar-refractivity contribution < 1.29 is 13.2 Å². The van der Waals surface area contributed by atoms with Gasteiger partial charge in [0, 0.05) is 11.6 Å². The van der Waals surface area contributed by atoms with E-state index in [1.54, 1.807) is 0 Å². The lowest BCUT2D eigenvalue weighted by atomic mass is 10.0. The van der Waals surface area contributed by atoms with Crippen LogP contribution >= 0.6 is 0 Å². The number of H-pyrrole nitrogens is 1. The van der Waals surface area contributed by atoms with Gasteiger partial charge in [-0.2, -0.15) is 0 Å². The Labute approximate surface area is 186 Å². The molecule has 0 unspecified atom stereocenters. The maximum atomic E-state index is 14.9. The molecule has 3 heterocycles. The SMILES string of the molecule is CC(C)c1ncnc(C(C)C)c1-n1c(=O)[nH]c(=O)c2cc(F)c(-c3ccc(F)cc3F)nc21. The van der Waals surface area contributed by atoms with Crippen LogP contribution in [-0.4, -0.2) is 24.5 Å². The lowest BCUT2D eigenvalue weighted by molar-refractivity contribution is 0.581. The molecule has 1 N–H and O–H groups in total. The van der Waals surface area contributed by atoms with Crippen LogP contribution in [0.5, 0.6) is 0 Å². The van der Waals surface area contributed by atoms with E-state index in [2.05, 4.69) is 19.9 Å². The number of nitrogens with one attached hydrogen (secondary N) is 1. The summed E-state index contributed by atoms with van der Waals surface area (Å²) >= 11 is 0. The lowest BCUT2D eigenvalue weighted by Gasteiger charge is -2.20. The Balaban J connectivity index is 2.18. The molecular weight excluding hydrogens is 435 g/mol. The Morgan fingerprint density at radius 1 is 0.909 bits per heavy atom. The number of hydrogen-bond acceptors (Lipinski definition) is 5. The molecule has 0 saturated carbocycles. The van der Waals surface area contributed by atoms with E-state index in [4.69, 9.17) is 0 Å². The Kier molecular flexibility index (Phi) is 5.61. The maximum Gasteiger partial charge on any atom is 0.334 e. The second kappa shape index (κ2) is 8.27. The minimum atomic E-state index is -1.03. The summed E-state index contributed by atoms with van der Waals surface area (Å²) in [5.41, 5.74) is -1.29. The van der Waals surface area contributed by atoms with Crippen molar-refractivity contribution in [2.24, 2.45) is 0 Å². The molecule has 1 aromatic carbocycles. The fourth-order valence-corrected chi connectivity index (χ4v) is 3.69. The van der Waals surface area contributed by atoms with Crippen LogP contribution in [0.3, 0.4) is 0 Å². The van der Waals surface area contributed by atoms with E-state index < -0.39 is 34.4 Å². The average Bonchev–Trinajstić information content (AvgIpc) is 2.74. The summed E-state index contributed by atoms with van der Waals surface area (Å²) in [7, 11) is 0. The quantitative estimate of drug-likeness (QED) is 0.498. The van der Waals surface area contributed by atoms with Crippen LogP contribution in [-0.2, 0) is 0 Å². The van der Waals surface area contributed by atoms with Crippen LogP contribution < -0.4 is 11.2 Å². The number of rotatable bonds is 4. The van der Waals surface area contributed by atoms with Gasteiger partial charge in [-0.15, -0.1) is 0 Å². The highest BCUT2D eigenvalue weighted by Gasteiger charge is 2.24. The van der Waals surface area contributed by atoms with Gasteiger partial charge < -0.3 is 0 Å². The standard InChI is InChI=1S/C23H20F3N5O2/c1-10(2)17-20(18(11(3)4)28-9-27-17)31-21-14(22(32)30-23(31)33)8-16(26)19(29-21)13-6-5-12(24)7-15(13)25/h5-11H,1-4H3,(H,30,32,33). The molecule has 0 aliphatic rings. The number of pyridine rings is 1. The van der Waals surface area contributed by atoms with Crippen LogP contribution in [0.4, 0.5) is 13.2 Å². The van der Waals surface area contributed by atoms with Gasteiger partial charge >= 0.3 is 5.69 Å². The van der Waals surface area contributed by atoms with Gasteiger partial charge in [-0.3, -0.25) is 9.78 Å². The molecule has 4 aromatic rings. The van der Waals surface area contributed by atoms with Crippen LogP contribution in [0.1, 0.15) is 50.9 Å². The summed E-state index contributed by atoms with van der Waals surface area (Å²) in [6.45, 7) is 7.51. The third-order valence-electron chi connectivity index (χ3n) is 5.22. The second-order valence-corrected chi connectivity index (χ2v) is 8.21. The number of nitrogens with zero attached hydrogens (tertiary/aromatic N) is 4. The number of aromatic nitrogens is 5. The van der Waals surface area contributed by atoms with Crippen molar-refractivity contribution >= 4 is 11.0 Å². The molecule has 33 heavy (non-hydrogen) atoms. The highest BCUT2D eigenvalue weighted by molar-refractivity contribution is 5.80. The summed E-state index contributed by atoms with van der Waals surface area (Å²) < 4.78 is 43.9. The van der Waals surface area contributed by atoms with Crippen molar-refractivity contribution in [2.75, 3.05) is 0 Å². The Hall–Kier alpha value is -3.82. The number of halogens is 3. The third kappa shape index (κ3) is 3.81. The van der Waals surface area contributed by atoms with Crippen molar-refractivity contribution in [1.29, 1.82) is 0 Å². The molecule has 0 radical (unpaired) electrons. The Bertz CT molecular complexity index is 1480. The zero-order valence-electron chi connectivity index (χ0n) is 18.3. The number of hydrogen-bond donors (Lipinski definition) is 1. The average molecular weight is 455 g/mol. The monoisotopic (exact) mass is 455 g/mol. The zero-order valence-corrected chi connectivity index (χ0v) is 18.3. The van der Waals surface area contributed by atoms with Crippen molar-refractivity contribution in [3.8, 4) is 16.9 Å². The zero-order chi connectivity index (χ0) is 24.0. The highest BCUT2D eigenvalue weighted by Crippen LogP contribution is 2.30. The van der Waals surface area contributed by atoms with Gasteiger partial charge in [-0.25, -0.2) is 37.5 Å². The first-order valence-corrected chi connectivity index (χ1v) is 10.3. The molecule has 3 aromatic heterocycles. The van der Waals surface area contributed by atoms with E-state index in [1.807, 2.05) is 27.7 Å². The second-order valence-electron chi connectivity index (χ2n) is 8.21. The summed E-state index contributed by atoms with van der Waals surface area (Å²) in [6.07, 6.45) is 1.39. The normalized spacial score (nSPS) is 11.7. The van der Waals surface area contributed by atoms with Gasteiger partial charge in [0.25, 0.3) is 5.56 Å². The van der Waals surface area contributed by atoms with Gasteiger partial charge in [0.15, 0.2) is 11.5 Å². The van der Waals surface area contributed by atoms with E-state index in [1.165, 1.54) is 6.33 Å². The van der Waals surface area contributed by atoms with Gasteiger partial charge in [-0.1, -0.05) is 27.7 Å². The maximum absolute atomic E-state index is 14.9. The van der Waals surface area contributed by atoms with Crippen molar-refractivity contribution in [3.63, 3.8) is 0 Å². The van der Waals surface area contributed by atoms with Crippen molar-refractivity contribution in [3.05, 3.63) is 80.3 Å². The topological polar surface area (TPSA) is 93.5 Å². The molecule has 7 nitrogen and oxygen atoms in total. The molecule has 0 atom stereocenters. The molecule has 0 fully saturated rings. The minimum absolute atomic E-state index is 0.135. The molecule has 10 heteroatoms. The lowest BCUT2D eigenvalue weighted by Crippen LogP contribution is -2.32. The fourth-order valence-electron chi connectivity index (χ4n) is 3.69. The van der Waals surface area contributed by atoms with Crippen LogP contribution in [0.2, 0.25) is 0 Å². The fraction of sp³-hybridized carbons (Fsp3) is 0.261. The molecule has 4 rings (SSSR count). The molecule has 0 amide bonds. The van der Waals surface area contributed by atoms with Crippen molar-refractivity contribution in [1.82, 2.24) is 24.5 Å². The van der Waals surface area contributed by atoms with Gasteiger partial charge in [0.05, 0.1) is 22.5 Å². The van der Waals surface area contributed by atoms with Gasteiger partial charge in [0.2, 0.25) is 0 Å². The highest BCUT2D eigenvalue weighted by atomic mass is 19.1. The van der Waals surface area contributed by atoms with E-state index in [0.717, 1.165) is 22.8 Å². The smallest absolute Gasteiger partial charge is 0.273 e. The molecule has 0 bridgehead atoms. The van der Waals surface area contributed by atoms with E-state index in [9.17, 15) is 22.8 Å². The van der Waals surface area contributed by atoms with E-state index in [-0.39, 0.29) is 28.4 Å². The van der Waals surface area contributed by atoms with Crippen LogP contribution in [0.25, 0.3) is 28.0 Å². The van der Waals surface area contributed by atoms with Crippen molar-refractivity contribution in [2.45, 2.75) is 39.5 Å². The first-order chi connectivity index (χ1) is 15.6. The molecule has 0 spiro atoms. The van der Waals surface area contributed by atoms with E-state index in [0.29, 0.717) is 23.1 Å². The summed E-state index contributed by atoms with van der Waals surface area (Å²) in [5, 5.41) is -0.216. The first kappa shape index (κ1) is 22.4. The van der Waals surface area contributed by atoms with Gasteiger partial charge in [-0.05, 0) is 30.0 Å². The molecule has 0 aliphatic heterocycles. The van der Waals surface area contributed by atoms with Crippen LogP contribution in [0, 0.1) is 17.5 Å². The predicted molar refractivity (Wildman–Crippen MR) is 117 cm³/mol. The van der Waals surface area contributed by atoms with Crippen LogP contribution in [0.15, 0.2) is 40.2 Å². The molecule has 170 valence electrons. The summed E-state index contributed by atoms with van der Waals surface area (Å²) in [5.74, 6) is -3.14. The van der Waals surface area contributed by atoms with Gasteiger partial charge in [0.1, 0.15) is 23.7 Å².